The van der Waals surface area contributed by atoms with E-state index in [1.54, 1.807) is 24.3 Å². The van der Waals surface area contributed by atoms with Crippen LogP contribution < -0.4 is 24.3 Å². The number of rotatable bonds is 6. The van der Waals surface area contributed by atoms with Gasteiger partial charge in [-0.25, -0.2) is 0 Å². The Hall–Kier alpha value is -4.26. The topological polar surface area (TPSA) is 133 Å². The van der Waals surface area contributed by atoms with E-state index in [-0.39, 0.29) is 41.7 Å². The zero-order valence-corrected chi connectivity index (χ0v) is 16.1. The number of hydrogen-bond acceptors (Lipinski definition) is 8. The van der Waals surface area contributed by atoms with E-state index >= 15 is 0 Å². The van der Waals surface area contributed by atoms with Crippen molar-refractivity contribution in [3.05, 3.63) is 51.6 Å². The van der Waals surface area contributed by atoms with Crippen molar-refractivity contribution in [2.24, 2.45) is 0 Å². The summed E-state index contributed by atoms with van der Waals surface area (Å²) in [6, 6.07) is 9.13. The fourth-order valence-corrected chi connectivity index (χ4v) is 2.78. The molecule has 0 aliphatic carbocycles. The van der Waals surface area contributed by atoms with Gasteiger partial charge in [0.2, 0.25) is 0 Å². The van der Waals surface area contributed by atoms with E-state index in [1.807, 2.05) is 0 Å². The zero-order valence-electron chi connectivity index (χ0n) is 16.1. The molecule has 154 valence electrons. The van der Waals surface area contributed by atoms with Crippen molar-refractivity contribution in [2.75, 3.05) is 32.8 Å². The summed E-state index contributed by atoms with van der Waals surface area (Å²) in [5, 5.41) is 23.2. The Morgan fingerprint density at radius 2 is 1.83 bits per heavy atom. The monoisotopic (exact) mass is 411 g/mol. The van der Waals surface area contributed by atoms with Gasteiger partial charge in [0.05, 0.1) is 25.2 Å². The van der Waals surface area contributed by atoms with E-state index < -0.39 is 10.8 Å². The van der Waals surface area contributed by atoms with E-state index in [0.29, 0.717) is 17.1 Å². The second-order valence-corrected chi connectivity index (χ2v) is 6.01. The van der Waals surface area contributed by atoms with Crippen LogP contribution in [0.4, 0.5) is 11.4 Å². The number of fused-ring (bicyclic) bond motifs is 1. The number of anilines is 1. The highest BCUT2D eigenvalue weighted by molar-refractivity contribution is 6.10. The maximum absolute atomic E-state index is 12.6. The van der Waals surface area contributed by atoms with Crippen LogP contribution in [-0.4, -0.2) is 38.3 Å². The summed E-state index contributed by atoms with van der Waals surface area (Å²) < 4.78 is 21.1. The highest BCUT2D eigenvalue weighted by Crippen LogP contribution is 2.39. The Kier molecular flexibility index (Phi) is 6.03. The van der Waals surface area contributed by atoms with Crippen molar-refractivity contribution in [3.63, 3.8) is 0 Å². The van der Waals surface area contributed by atoms with E-state index in [0.717, 1.165) is 0 Å². The molecule has 1 heterocycles. The highest BCUT2D eigenvalue weighted by atomic mass is 16.6. The Morgan fingerprint density at radius 1 is 1.17 bits per heavy atom. The maximum Gasteiger partial charge on any atom is 0.296 e. The Bertz CT molecular complexity index is 1070. The summed E-state index contributed by atoms with van der Waals surface area (Å²) in [6.07, 6.45) is 1.33. The molecular formula is C20H17N3O7. The number of nitro groups is 1. The third-order valence-electron chi connectivity index (χ3n) is 4.19. The summed E-state index contributed by atoms with van der Waals surface area (Å²) in [5.74, 6) is 0.583. The van der Waals surface area contributed by atoms with Gasteiger partial charge < -0.3 is 24.3 Å². The minimum atomic E-state index is -0.813. The minimum Gasteiger partial charge on any atom is -0.493 e. The third-order valence-corrected chi connectivity index (χ3v) is 4.19. The highest BCUT2D eigenvalue weighted by Gasteiger charge is 2.24. The number of carbonyl (C=O) groups excluding carboxylic acids is 1. The van der Waals surface area contributed by atoms with Crippen LogP contribution in [0.1, 0.15) is 5.56 Å². The van der Waals surface area contributed by atoms with Gasteiger partial charge in [0.1, 0.15) is 30.5 Å². The lowest BCUT2D eigenvalue weighted by Gasteiger charge is -2.19. The number of nitrogens with zero attached hydrogens (tertiary/aromatic N) is 2. The van der Waals surface area contributed by atoms with Crippen LogP contribution in [0.2, 0.25) is 0 Å². The second-order valence-electron chi connectivity index (χ2n) is 6.01. The van der Waals surface area contributed by atoms with E-state index in [2.05, 4.69) is 5.32 Å². The number of nitriles is 1. The van der Waals surface area contributed by atoms with Crippen LogP contribution in [0.3, 0.4) is 0 Å². The molecule has 0 saturated carbocycles. The molecule has 1 aliphatic rings. The summed E-state index contributed by atoms with van der Waals surface area (Å²) in [4.78, 5) is 23.4. The second kappa shape index (κ2) is 8.83. The number of nitro benzene ring substituents is 1. The standard InChI is InChI=1S/C20H17N3O7/c1-27-16-4-3-12(8-17(16)28-2)7-13(11-21)20(24)22-14-9-18-19(30-6-5-29-18)10-15(14)23(25)26/h3-4,7-10H,5-6H2,1-2H3,(H,22,24). The molecule has 2 aromatic rings. The smallest absolute Gasteiger partial charge is 0.296 e. The molecule has 2 aromatic carbocycles. The summed E-state index contributed by atoms with van der Waals surface area (Å²) in [6.45, 7) is 0.545. The van der Waals surface area contributed by atoms with Gasteiger partial charge >= 0.3 is 0 Å². The van der Waals surface area contributed by atoms with E-state index in [4.69, 9.17) is 18.9 Å². The van der Waals surface area contributed by atoms with Gasteiger partial charge in [0, 0.05) is 6.07 Å². The van der Waals surface area contributed by atoms with E-state index in [9.17, 15) is 20.2 Å². The number of carbonyl (C=O) groups is 1. The molecule has 0 saturated heterocycles. The molecule has 0 spiro atoms. The molecule has 10 nitrogen and oxygen atoms in total. The first-order valence-corrected chi connectivity index (χ1v) is 8.70. The number of ether oxygens (including phenoxy) is 4. The molecule has 10 heteroatoms. The first-order valence-electron chi connectivity index (χ1n) is 8.70. The van der Waals surface area contributed by atoms with Crippen molar-refractivity contribution >= 4 is 23.4 Å². The van der Waals surface area contributed by atoms with Crippen molar-refractivity contribution in [1.29, 1.82) is 5.26 Å². The molecule has 3 rings (SSSR count). The Balaban J connectivity index is 1.91. The van der Waals surface area contributed by atoms with E-state index in [1.165, 1.54) is 32.4 Å². The zero-order chi connectivity index (χ0) is 21.7. The van der Waals surface area contributed by atoms with Crippen LogP contribution in [0.25, 0.3) is 6.08 Å². The van der Waals surface area contributed by atoms with Crippen LogP contribution in [-0.2, 0) is 4.79 Å². The summed E-state index contributed by atoms with van der Waals surface area (Å²) >= 11 is 0. The lowest BCUT2D eigenvalue weighted by atomic mass is 10.1. The molecule has 0 unspecified atom stereocenters. The van der Waals surface area contributed by atoms with Gasteiger partial charge in [-0.2, -0.15) is 5.26 Å². The van der Waals surface area contributed by atoms with Gasteiger partial charge in [-0.3, -0.25) is 14.9 Å². The van der Waals surface area contributed by atoms with Gasteiger partial charge in [-0.05, 0) is 23.8 Å². The fourth-order valence-electron chi connectivity index (χ4n) is 2.78. The van der Waals surface area contributed by atoms with Gasteiger partial charge in [-0.15, -0.1) is 0 Å². The Morgan fingerprint density at radius 3 is 2.43 bits per heavy atom. The molecule has 1 amide bonds. The lowest BCUT2D eigenvalue weighted by Crippen LogP contribution is -2.18. The molecule has 1 aliphatic heterocycles. The first kappa shape index (κ1) is 20.5. The summed E-state index contributed by atoms with van der Waals surface area (Å²) in [7, 11) is 2.95. The van der Waals surface area contributed by atoms with Crippen LogP contribution >= 0.6 is 0 Å². The van der Waals surface area contributed by atoms with Gasteiger partial charge in [0.15, 0.2) is 23.0 Å². The third kappa shape index (κ3) is 4.25. The Labute approximate surface area is 171 Å². The molecule has 0 bridgehead atoms. The summed E-state index contributed by atoms with van der Waals surface area (Å²) in [5.41, 5.74) is -0.235. The normalized spacial score (nSPS) is 12.5. The number of hydrogen-bond donors (Lipinski definition) is 1. The average Bonchev–Trinajstić information content (AvgIpc) is 2.76. The van der Waals surface area contributed by atoms with Crippen LogP contribution in [0.5, 0.6) is 23.0 Å². The number of amides is 1. The van der Waals surface area contributed by atoms with Crippen molar-refractivity contribution in [2.45, 2.75) is 0 Å². The SMILES string of the molecule is COc1ccc(C=C(C#N)C(=O)Nc2cc3c(cc2[N+](=O)[O-])OCCO3)cc1OC. The minimum absolute atomic E-state index is 0.109. The molecule has 30 heavy (non-hydrogen) atoms. The van der Waals surface area contributed by atoms with Crippen molar-refractivity contribution in [3.8, 4) is 29.1 Å². The molecule has 0 fully saturated rings. The molecule has 1 N–H and O–H groups in total. The fraction of sp³-hybridized carbons (Fsp3) is 0.200. The average molecular weight is 411 g/mol. The first-order chi connectivity index (χ1) is 14.5. The molecule has 0 aromatic heterocycles. The van der Waals surface area contributed by atoms with Crippen molar-refractivity contribution in [1.82, 2.24) is 0 Å². The quantitative estimate of drug-likeness (QED) is 0.332. The predicted octanol–water partition coefficient (Wildman–Crippen LogP) is 2.93. The maximum atomic E-state index is 12.6. The van der Waals surface area contributed by atoms with Crippen LogP contribution in [0, 0.1) is 21.4 Å². The molecule has 0 atom stereocenters. The van der Waals surface area contributed by atoms with Crippen molar-refractivity contribution < 1.29 is 28.7 Å². The number of nitrogens with one attached hydrogen (secondary N) is 1. The number of benzene rings is 2. The largest absolute Gasteiger partial charge is 0.493 e. The van der Waals surface area contributed by atoms with Gasteiger partial charge in [0.25, 0.3) is 11.6 Å². The molecular weight excluding hydrogens is 394 g/mol. The number of methoxy groups -OCH3 is 2. The lowest BCUT2D eigenvalue weighted by molar-refractivity contribution is -0.384. The van der Waals surface area contributed by atoms with Gasteiger partial charge in [-0.1, -0.05) is 6.07 Å². The predicted molar refractivity (Wildman–Crippen MR) is 106 cm³/mol. The molecule has 0 radical (unpaired) electrons. The van der Waals surface area contributed by atoms with Crippen LogP contribution in [0.15, 0.2) is 35.9 Å².